The van der Waals surface area contributed by atoms with Crippen LogP contribution in [0.1, 0.15) is 36.2 Å². The van der Waals surface area contributed by atoms with Gasteiger partial charge in [-0.25, -0.2) is 9.78 Å². The molecule has 7 nitrogen and oxygen atoms in total. The molecule has 2 fully saturated rings. The highest BCUT2D eigenvalue weighted by Gasteiger charge is 2.47. The van der Waals surface area contributed by atoms with Crippen molar-refractivity contribution in [1.29, 1.82) is 0 Å². The molecule has 1 aliphatic carbocycles. The monoisotopic (exact) mass is 291 g/mol. The summed E-state index contributed by atoms with van der Waals surface area (Å²) in [6, 6.07) is 0. The van der Waals surface area contributed by atoms with E-state index in [2.05, 4.69) is 4.98 Å². The first-order valence-corrected chi connectivity index (χ1v) is 7.18. The third-order valence-corrected chi connectivity index (χ3v) is 4.37. The van der Waals surface area contributed by atoms with Crippen molar-refractivity contribution < 1.29 is 19.5 Å². The molecule has 2 unspecified atom stereocenters. The zero-order chi connectivity index (χ0) is 15.0. The number of imide groups is 1. The van der Waals surface area contributed by atoms with Crippen LogP contribution >= 0.6 is 0 Å². The molecule has 1 aromatic rings. The molecule has 2 atom stereocenters. The Morgan fingerprint density at radius 2 is 1.81 bits per heavy atom. The Morgan fingerprint density at radius 1 is 1.19 bits per heavy atom. The Bertz CT molecular complexity index is 571. The lowest BCUT2D eigenvalue weighted by Gasteiger charge is -2.19. The van der Waals surface area contributed by atoms with E-state index in [-0.39, 0.29) is 35.9 Å². The van der Waals surface area contributed by atoms with E-state index in [9.17, 15) is 14.4 Å². The number of imidazole rings is 1. The van der Waals surface area contributed by atoms with E-state index < -0.39 is 5.97 Å². The molecule has 0 spiro atoms. The zero-order valence-electron chi connectivity index (χ0n) is 11.6. The van der Waals surface area contributed by atoms with E-state index in [0.29, 0.717) is 6.54 Å². The summed E-state index contributed by atoms with van der Waals surface area (Å²) >= 11 is 0. The van der Waals surface area contributed by atoms with Gasteiger partial charge in [-0.15, -0.1) is 0 Å². The molecule has 21 heavy (non-hydrogen) atoms. The lowest BCUT2D eigenvalue weighted by Crippen LogP contribution is -2.33. The Morgan fingerprint density at radius 3 is 2.33 bits per heavy atom. The van der Waals surface area contributed by atoms with E-state index in [4.69, 9.17) is 5.11 Å². The minimum Gasteiger partial charge on any atom is -0.476 e. The van der Waals surface area contributed by atoms with Crippen LogP contribution in [0, 0.1) is 11.8 Å². The van der Waals surface area contributed by atoms with Gasteiger partial charge in [0.25, 0.3) is 0 Å². The molecule has 7 heteroatoms. The number of aromatic carboxylic acids is 1. The van der Waals surface area contributed by atoms with Gasteiger partial charge in [0, 0.05) is 19.3 Å². The van der Waals surface area contributed by atoms with E-state index in [1.165, 1.54) is 17.4 Å². The Kier molecular flexibility index (Phi) is 3.48. The van der Waals surface area contributed by atoms with E-state index in [0.717, 1.165) is 25.7 Å². The molecule has 112 valence electrons. The van der Waals surface area contributed by atoms with Crippen LogP contribution in [0.15, 0.2) is 12.5 Å². The first kappa shape index (κ1) is 13.8. The number of amides is 2. The molecule has 1 saturated carbocycles. The van der Waals surface area contributed by atoms with E-state index in [1.54, 1.807) is 4.57 Å². The quantitative estimate of drug-likeness (QED) is 0.827. The van der Waals surface area contributed by atoms with Crippen molar-refractivity contribution in [1.82, 2.24) is 14.5 Å². The SMILES string of the molecule is O=C(O)c1cn(CCN2C(=O)C3CCCCC3C2=O)cn1. The molecule has 1 N–H and O–H groups in total. The van der Waals surface area contributed by atoms with E-state index in [1.807, 2.05) is 0 Å². The number of rotatable bonds is 4. The van der Waals surface area contributed by atoms with Crippen molar-refractivity contribution in [2.45, 2.75) is 32.2 Å². The van der Waals surface area contributed by atoms with Crippen molar-refractivity contribution in [3.05, 3.63) is 18.2 Å². The summed E-state index contributed by atoms with van der Waals surface area (Å²) in [5.41, 5.74) is -0.0391. The predicted molar refractivity (Wildman–Crippen MR) is 71.4 cm³/mol. The smallest absolute Gasteiger partial charge is 0.356 e. The van der Waals surface area contributed by atoms with Gasteiger partial charge in [0.05, 0.1) is 18.2 Å². The zero-order valence-corrected chi connectivity index (χ0v) is 11.6. The fourth-order valence-corrected chi connectivity index (χ4v) is 3.26. The molecular weight excluding hydrogens is 274 g/mol. The minimum atomic E-state index is -1.09. The number of carboxylic acids is 1. The van der Waals surface area contributed by atoms with Crippen molar-refractivity contribution in [3.8, 4) is 0 Å². The van der Waals surface area contributed by atoms with Gasteiger partial charge < -0.3 is 9.67 Å². The second-order valence-corrected chi connectivity index (χ2v) is 5.63. The summed E-state index contributed by atoms with van der Waals surface area (Å²) in [7, 11) is 0. The summed E-state index contributed by atoms with van der Waals surface area (Å²) in [4.78, 5) is 40.4. The van der Waals surface area contributed by atoms with Crippen molar-refractivity contribution in [2.24, 2.45) is 11.8 Å². The van der Waals surface area contributed by atoms with Crippen LogP contribution in [0.25, 0.3) is 0 Å². The first-order chi connectivity index (χ1) is 10.1. The summed E-state index contributed by atoms with van der Waals surface area (Å²) in [6.07, 6.45) is 6.44. The van der Waals surface area contributed by atoms with Gasteiger partial charge in [-0.05, 0) is 12.8 Å². The van der Waals surface area contributed by atoms with Crippen LogP contribution in [0.2, 0.25) is 0 Å². The predicted octanol–water partition coefficient (Wildman–Crippen LogP) is 0.756. The summed E-state index contributed by atoms with van der Waals surface area (Å²) in [5, 5.41) is 8.81. The number of aromatic nitrogens is 2. The third-order valence-electron chi connectivity index (χ3n) is 4.37. The van der Waals surface area contributed by atoms with Crippen LogP contribution < -0.4 is 0 Å². The van der Waals surface area contributed by atoms with Crippen LogP contribution in [-0.2, 0) is 16.1 Å². The number of likely N-dealkylation sites (tertiary alicyclic amines) is 1. The first-order valence-electron chi connectivity index (χ1n) is 7.18. The molecule has 2 amide bonds. The average Bonchev–Trinajstić information content (AvgIpc) is 3.03. The van der Waals surface area contributed by atoms with Gasteiger partial charge in [-0.1, -0.05) is 12.8 Å². The maximum atomic E-state index is 12.3. The lowest BCUT2D eigenvalue weighted by atomic mass is 9.81. The van der Waals surface area contributed by atoms with Crippen LogP contribution in [-0.4, -0.2) is 43.9 Å². The molecule has 1 saturated heterocycles. The normalized spacial score (nSPS) is 25.2. The number of carbonyl (C=O) groups excluding carboxylic acids is 2. The number of fused-ring (bicyclic) bond motifs is 1. The Balaban J connectivity index is 1.65. The largest absolute Gasteiger partial charge is 0.476 e. The summed E-state index contributed by atoms with van der Waals surface area (Å²) < 4.78 is 1.59. The second kappa shape index (κ2) is 5.31. The molecule has 0 bridgehead atoms. The molecule has 1 aromatic heterocycles. The molecule has 2 aliphatic rings. The number of hydrogen-bond acceptors (Lipinski definition) is 4. The van der Waals surface area contributed by atoms with Crippen molar-refractivity contribution in [3.63, 3.8) is 0 Å². The van der Waals surface area contributed by atoms with Gasteiger partial charge in [-0.2, -0.15) is 0 Å². The fraction of sp³-hybridized carbons (Fsp3) is 0.571. The van der Waals surface area contributed by atoms with Gasteiger partial charge in [-0.3, -0.25) is 14.5 Å². The number of hydrogen-bond donors (Lipinski definition) is 1. The maximum Gasteiger partial charge on any atom is 0.356 e. The molecular formula is C14H17N3O4. The van der Waals surface area contributed by atoms with Gasteiger partial charge >= 0.3 is 5.97 Å². The lowest BCUT2D eigenvalue weighted by molar-refractivity contribution is -0.140. The molecule has 0 aromatic carbocycles. The minimum absolute atomic E-state index is 0.0391. The van der Waals surface area contributed by atoms with Crippen molar-refractivity contribution >= 4 is 17.8 Å². The molecule has 1 aliphatic heterocycles. The Labute approximate surface area is 121 Å². The highest BCUT2D eigenvalue weighted by atomic mass is 16.4. The topological polar surface area (TPSA) is 92.5 Å². The van der Waals surface area contributed by atoms with Gasteiger partial charge in [0.1, 0.15) is 0 Å². The summed E-state index contributed by atoms with van der Waals surface area (Å²) in [5.74, 6) is -1.49. The van der Waals surface area contributed by atoms with E-state index >= 15 is 0 Å². The molecule has 0 radical (unpaired) electrons. The van der Waals surface area contributed by atoms with Crippen LogP contribution in [0.3, 0.4) is 0 Å². The molecule has 2 heterocycles. The number of carbonyl (C=O) groups is 3. The molecule has 3 rings (SSSR count). The average molecular weight is 291 g/mol. The maximum absolute atomic E-state index is 12.3. The van der Waals surface area contributed by atoms with Gasteiger partial charge in [0.2, 0.25) is 11.8 Å². The second-order valence-electron chi connectivity index (χ2n) is 5.63. The summed E-state index contributed by atoms with van der Waals surface area (Å²) in [6.45, 7) is 0.650. The highest BCUT2D eigenvalue weighted by molar-refractivity contribution is 6.05. The highest BCUT2D eigenvalue weighted by Crippen LogP contribution is 2.37. The van der Waals surface area contributed by atoms with Crippen LogP contribution in [0.4, 0.5) is 0 Å². The number of carboxylic acid groups (broad SMARTS) is 1. The fourth-order valence-electron chi connectivity index (χ4n) is 3.26. The van der Waals surface area contributed by atoms with Crippen molar-refractivity contribution in [2.75, 3.05) is 6.54 Å². The number of nitrogens with zero attached hydrogens (tertiary/aromatic N) is 3. The Hall–Kier alpha value is -2.18. The standard InChI is InChI=1S/C14H17N3O4/c18-12-9-3-1-2-4-10(9)13(19)17(12)6-5-16-7-11(14(20)21)15-8-16/h7-10H,1-6H2,(H,20,21). The third kappa shape index (κ3) is 2.43. The van der Waals surface area contributed by atoms with Crippen LogP contribution in [0.5, 0.6) is 0 Å². The van der Waals surface area contributed by atoms with Gasteiger partial charge in [0.15, 0.2) is 5.69 Å².